The lowest BCUT2D eigenvalue weighted by Gasteiger charge is -2.22. The predicted molar refractivity (Wildman–Crippen MR) is 124 cm³/mol. The number of nitrogens with one attached hydrogen (secondary N) is 1. The number of benzene rings is 2. The van der Waals surface area contributed by atoms with Crippen LogP contribution in [0.4, 0.5) is 22.4 Å². The molecular weight excluding hydrogens is 482 g/mol. The Bertz CT molecular complexity index is 1350. The van der Waals surface area contributed by atoms with Gasteiger partial charge in [0.1, 0.15) is 5.82 Å². The third kappa shape index (κ3) is 6.21. The minimum atomic E-state index is -4.84. The average molecular weight is 507 g/mol. The number of amides is 1. The maximum Gasteiger partial charge on any atom is 0.416 e. The highest BCUT2D eigenvalue weighted by molar-refractivity contribution is 5.68. The zero-order chi connectivity index (χ0) is 26.6. The first-order valence-electron chi connectivity index (χ1n) is 11.1. The number of halogens is 4. The Hall–Kier alpha value is -3.89. The van der Waals surface area contributed by atoms with E-state index < -0.39 is 59.2 Å². The molecule has 0 aliphatic rings. The van der Waals surface area contributed by atoms with Gasteiger partial charge >= 0.3 is 18.0 Å². The summed E-state index contributed by atoms with van der Waals surface area (Å²) in [4.78, 5) is 38.3. The Kier molecular flexibility index (Phi) is 8.01. The fourth-order valence-electron chi connectivity index (χ4n) is 3.72. The maximum absolute atomic E-state index is 14.4. The standard InChI is InChI=1S/C25H25F4N3O4/c1-15(2)36-23(34)30-21(17-8-5-4-6-9-17)14-32-22(33)12-16(3)31(24(32)35)13-18-19(25(27,28)29)10-7-11-20(18)26/h4-12,15,21H,13-14H2,1-3H3,(H,30,34). The summed E-state index contributed by atoms with van der Waals surface area (Å²) in [6.45, 7) is 3.59. The van der Waals surface area contributed by atoms with E-state index >= 15 is 0 Å². The van der Waals surface area contributed by atoms with Gasteiger partial charge in [0, 0.05) is 17.3 Å². The highest BCUT2D eigenvalue weighted by atomic mass is 19.4. The van der Waals surface area contributed by atoms with Crippen LogP contribution in [0.3, 0.4) is 0 Å². The predicted octanol–water partition coefficient (Wildman–Crippen LogP) is 4.40. The van der Waals surface area contributed by atoms with Crippen molar-refractivity contribution in [1.82, 2.24) is 14.5 Å². The van der Waals surface area contributed by atoms with Crippen LogP contribution >= 0.6 is 0 Å². The summed E-state index contributed by atoms with van der Waals surface area (Å²) in [6, 6.07) is 11.2. The zero-order valence-electron chi connectivity index (χ0n) is 19.8. The van der Waals surface area contributed by atoms with Gasteiger partial charge in [-0.05, 0) is 38.5 Å². The molecule has 3 aromatic rings. The molecule has 0 aliphatic heterocycles. The molecule has 11 heteroatoms. The molecule has 0 spiro atoms. The van der Waals surface area contributed by atoms with Gasteiger partial charge in [-0.3, -0.25) is 13.9 Å². The molecule has 0 saturated carbocycles. The third-order valence-electron chi connectivity index (χ3n) is 5.43. The molecule has 2 aromatic carbocycles. The number of carbonyl (C=O) groups is 1. The molecular formula is C25H25F4N3O4. The minimum Gasteiger partial charge on any atom is -0.447 e. The number of nitrogens with zero attached hydrogens (tertiary/aromatic N) is 2. The smallest absolute Gasteiger partial charge is 0.416 e. The SMILES string of the molecule is Cc1cc(=O)n(CC(NC(=O)OC(C)C)c2ccccc2)c(=O)n1Cc1c(F)cccc1C(F)(F)F. The highest BCUT2D eigenvalue weighted by Crippen LogP contribution is 2.33. The van der Waals surface area contributed by atoms with Crippen molar-refractivity contribution in [3.05, 3.63) is 104 Å². The van der Waals surface area contributed by atoms with E-state index in [0.29, 0.717) is 5.56 Å². The van der Waals surface area contributed by atoms with E-state index in [1.807, 2.05) is 0 Å². The third-order valence-corrected chi connectivity index (χ3v) is 5.43. The second-order valence-corrected chi connectivity index (χ2v) is 8.43. The number of alkyl carbamates (subject to hydrolysis) is 1. The summed E-state index contributed by atoms with van der Waals surface area (Å²) < 4.78 is 61.7. The summed E-state index contributed by atoms with van der Waals surface area (Å²) in [6.07, 6.45) is -6.05. The summed E-state index contributed by atoms with van der Waals surface area (Å²) in [5.74, 6) is -1.13. The van der Waals surface area contributed by atoms with E-state index in [2.05, 4.69) is 5.32 Å². The zero-order valence-corrected chi connectivity index (χ0v) is 19.8. The molecule has 1 N–H and O–H groups in total. The van der Waals surface area contributed by atoms with Crippen LogP contribution in [0.2, 0.25) is 0 Å². The van der Waals surface area contributed by atoms with Crippen molar-refractivity contribution in [2.24, 2.45) is 0 Å². The lowest BCUT2D eigenvalue weighted by Crippen LogP contribution is -2.44. The molecule has 0 aliphatic carbocycles. The summed E-state index contributed by atoms with van der Waals surface area (Å²) in [5, 5.41) is 2.61. The van der Waals surface area contributed by atoms with Crippen LogP contribution in [-0.4, -0.2) is 21.3 Å². The Balaban J connectivity index is 2.06. The van der Waals surface area contributed by atoms with Crippen molar-refractivity contribution in [2.45, 2.75) is 52.2 Å². The van der Waals surface area contributed by atoms with Gasteiger partial charge in [0.25, 0.3) is 5.56 Å². The second-order valence-electron chi connectivity index (χ2n) is 8.43. The first-order valence-corrected chi connectivity index (χ1v) is 11.1. The first-order chi connectivity index (χ1) is 16.9. The van der Waals surface area contributed by atoms with Crippen molar-refractivity contribution in [3.63, 3.8) is 0 Å². The number of carbonyl (C=O) groups excluding carboxylic acids is 1. The lowest BCUT2D eigenvalue weighted by molar-refractivity contribution is -0.138. The molecule has 3 rings (SSSR count). The van der Waals surface area contributed by atoms with Gasteiger partial charge in [-0.2, -0.15) is 13.2 Å². The van der Waals surface area contributed by atoms with Crippen LogP contribution in [0.25, 0.3) is 0 Å². The topological polar surface area (TPSA) is 82.3 Å². The van der Waals surface area contributed by atoms with Gasteiger partial charge in [-0.1, -0.05) is 36.4 Å². The number of hydrogen-bond acceptors (Lipinski definition) is 4. The van der Waals surface area contributed by atoms with Crippen molar-refractivity contribution < 1.29 is 27.1 Å². The number of aryl methyl sites for hydroxylation is 1. The molecule has 192 valence electrons. The monoisotopic (exact) mass is 507 g/mol. The molecule has 0 saturated heterocycles. The highest BCUT2D eigenvalue weighted by Gasteiger charge is 2.34. The van der Waals surface area contributed by atoms with E-state index in [1.165, 1.54) is 6.92 Å². The van der Waals surface area contributed by atoms with Gasteiger partial charge < -0.3 is 10.1 Å². The Morgan fingerprint density at radius 1 is 1.03 bits per heavy atom. The quantitative estimate of drug-likeness (QED) is 0.481. The molecule has 1 heterocycles. The van der Waals surface area contributed by atoms with Gasteiger partial charge in [-0.15, -0.1) is 0 Å². The van der Waals surface area contributed by atoms with Crippen molar-refractivity contribution in [3.8, 4) is 0 Å². The normalized spacial score (nSPS) is 12.4. The number of alkyl halides is 3. The molecule has 7 nitrogen and oxygen atoms in total. The van der Waals surface area contributed by atoms with Crippen LogP contribution in [0.5, 0.6) is 0 Å². The Morgan fingerprint density at radius 2 is 1.69 bits per heavy atom. The van der Waals surface area contributed by atoms with E-state index in [4.69, 9.17) is 4.74 Å². The molecule has 0 fully saturated rings. The summed E-state index contributed by atoms with van der Waals surface area (Å²) >= 11 is 0. The largest absolute Gasteiger partial charge is 0.447 e. The molecule has 1 aromatic heterocycles. The van der Waals surface area contributed by atoms with Gasteiger partial charge in [0.05, 0.1) is 30.8 Å². The minimum absolute atomic E-state index is 0.0565. The van der Waals surface area contributed by atoms with Gasteiger partial charge in [0.2, 0.25) is 0 Å². The van der Waals surface area contributed by atoms with Crippen molar-refractivity contribution in [1.29, 1.82) is 0 Å². The Morgan fingerprint density at radius 3 is 2.31 bits per heavy atom. The molecule has 1 amide bonds. The number of ether oxygens (including phenoxy) is 1. The maximum atomic E-state index is 14.4. The molecule has 1 atom stereocenters. The van der Waals surface area contributed by atoms with Gasteiger partial charge in [0.15, 0.2) is 0 Å². The first kappa shape index (κ1) is 26.7. The van der Waals surface area contributed by atoms with Crippen LogP contribution in [0.15, 0.2) is 64.2 Å². The molecule has 0 bridgehead atoms. The summed E-state index contributed by atoms with van der Waals surface area (Å²) in [7, 11) is 0. The fraction of sp³-hybridized carbons (Fsp3) is 0.320. The average Bonchev–Trinajstić information content (AvgIpc) is 2.78. The lowest BCUT2D eigenvalue weighted by atomic mass is 10.1. The van der Waals surface area contributed by atoms with Crippen molar-refractivity contribution >= 4 is 6.09 Å². The van der Waals surface area contributed by atoms with E-state index in [-0.39, 0.29) is 12.2 Å². The van der Waals surface area contributed by atoms with E-state index in [9.17, 15) is 31.9 Å². The van der Waals surface area contributed by atoms with Crippen LogP contribution in [-0.2, 0) is 24.0 Å². The molecule has 36 heavy (non-hydrogen) atoms. The summed E-state index contributed by atoms with van der Waals surface area (Å²) in [5.41, 5.74) is -2.99. The van der Waals surface area contributed by atoms with Crippen LogP contribution in [0, 0.1) is 12.7 Å². The fourth-order valence-corrected chi connectivity index (χ4v) is 3.72. The Labute approximate surface area is 203 Å². The van der Waals surface area contributed by atoms with Crippen LogP contribution in [0.1, 0.15) is 42.3 Å². The van der Waals surface area contributed by atoms with E-state index in [1.54, 1.807) is 44.2 Å². The second kappa shape index (κ2) is 10.8. The number of hydrogen-bond donors (Lipinski definition) is 1. The number of rotatable bonds is 7. The van der Waals surface area contributed by atoms with E-state index in [0.717, 1.165) is 33.4 Å². The van der Waals surface area contributed by atoms with Crippen LogP contribution < -0.4 is 16.6 Å². The number of aromatic nitrogens is 2. The molecule has 1 unspecified atom stereocenters. The van der Waals surface area contributed by atoms with Gasteiger partial charge in [-0.25, -0.2) is 14.0 Å². The molecule has 0 radical (unpaired) electrons. The van der Waals surface area contributed by atoms with Crippen molar-refractivity contribution in [2.75, 3.05) is 0 Å².